The Morgan fingerprint density at radius 3 is 2.24 bits per heavy atom. The van der Waals surface area contributed by atoms with E-state index in [0.29, 0.717) is 40.7 Å². The molecule has 0 unspecified atom stereocenters. The predicted octanol–water partition coefficient (Wildman–Crippen LogP) is 4.51. The Hall–Kier alpha value is -4.26. The van der Waals surface area contributed by atoms with E-state index in [1.54, 1.807) is 87.0 Å². The first-order chi connectivity index (χ1) is 16.0. The molecule has 0 aliphatic heterocycles. The molecule has 2 amide bonds. The third kappa shape index (κ3) is 6.36. The van der Waals surface area contributed by atoms with E-state index in [1.807, 2.05) is 13.0 Å². The second kappa shape index (κ2) is 11.4. The van der Waals surface area contributed by atoms with Gasteiger partial charge in [-0.05, 0) is 67.1 Å². The Kier molecular flexibility index (Phi) is 8.07. The van der Waals surface area contributed by atoms with Gasteiger partial charge >= 0.3 is 0 Å². The first-order valence-electron chi connectivity index (χ1n) is 10.4. The molecule has 3 aromatic carbocycles. The summed E-state index contributed by atoms with van der Waals surface area (Å²) in [5.41, 5.74) is 1.73. The Labute approximate surface area is 193 Å². The average Bonchev–Trinajstić information content (AvgIpc) is 2.85. The van der Waals surface area contributed by atoms with Crippen LogP contribution in [-0.2, 0) is 4.79 Å². The van der Waals surface area contributed by atoms with E-state index in [0.717, 1.165) is 0 Å². The number of hydrogen-bond acceptors (Lipinski definition) is 5. The van der Waals surface area contributed by atoms with Gasteiger partial charge in [0, 0.05) is 11.3 Å². The minimum atomic E-state index is -0.474. The fourth-order valence-corrected chi connectivity index (χ4v) is 3.03. The van der Waals surface area contributed by atoms with Gasteiger partial charge in [-0.25, -0.2) is 0 Å². The van der Waals surface area contributed by atoms with Gasteiger partial charge in [-0.1, -0.05) is 24.3 Å². The maximum Gasteiger partial charge on any atom is 0.272 e. The van der Waals surface area contributed by atoms with Gasteiger partial charge in [0.2, 0.25) is 0 Å². The van der Waals surface area contributed by atoms with Crippen molar-refractivity contribution in [2.75, 3.05) is 26.1 Å². The van der Waals surface area contributed by atoms with Crippen molar-refractivity contribution in [3.8, 4) is 17.2 Å². The van der Waals surface area contributed by atoms with Crippen LogP contribution in [0.25, 0.3) is 6.08 Å². The monoisotopic (exact) mass is 446 g/mol. The highest BCUT2D eigenvalue weighted by Gasteiger charge is 2.16. The largest absolute Gasteiger partial charge is 0.497 e. The van der Waals surface area contributed by atoms with E-state index in [4.69, 9.17) is 14.2 Å². The van der Waals surface area contributed by atoms with Crippen LogP contribution in [0.2, 0.25) is 0 Å². The molecule has 0 saturated carbocycles. The molecule has 0 heterocycles. The summed E-state index contributed by atoms with van der Waals surface area (Å²) in [6.45, 7) is 2.33. The number of nitrogens with one attached hydrogen (secondary N) is 2. The second-order valence-electron chi connectivity index (χ2n) is 6.90. The summed E-state index contributed by atoms with van der Waals surface area (Å²) < 4.78 is 16.1. The van der Waals surface area contributed by atoms with Crippen LogP contribution in [0.15, 0.2) is 78.5 Å². The van der Waals surface area contributed by atoms with Gasteiger partial charge in [0.1, 0.15) is 11.4 Å². The molecule has 33 heavy (non-hydrogen) atoms. The van der Waals surface area contributed by atoms with Gasteiger partial charge in [-0.15, -0.1) is 0 Å². The molecule has 0 saturated heterocycles. The average molecular weight is 447 g/mol. The van der Waals surface area contributed by atoms with Gasteiger partial charge in [0.05, 0.1) is 20.8 Å². The quantitative estimate of drug-likeness (QED) is 0.472. The zero-order valence-electron chi connectivity index (χ0n) is 18.8. The van der Waals surface area contributed by atoms with E-state index in [9.17, 15) is 9.59 Å². The van der Waals surface area contributed by atoms with Crippen LogP contribution in [0.4, 0.5) is 5.69 Å². The highest BCUT2D eigenvalue weighted by molar-refractivity contribution is 6.10. The maximum atomic E-state index is 13.1. The molecule has 7 nitrogen and oxygen atoms in total. The van der Waals surface area contributed by atoms with Crippen molar-refractivity contribution in [1.82, 2.24) is 5.32 Å². The normalized spacial score (nSPS) is 10.8. The van der Waals surface area contributed by atoms with Gasteiger partial charge in [0.25, 0.3) is 11.8 Å². The topological polar surface area (TPSA) is 85.9 Å². The van der Waals surface area contributed by atoms with Crippen molar-refractivity contribution in [1.29, 1.82) is 0 Å². The van der Waals surface area contributed by atoms with E-state index in [2.05, 4.69) is 10.6 Å². The maximum absolute atomic E-state index is 13.1. The summed E-state index contributed by atoms with van der Waals surface area (Å²) in [7, 11) is 3.13. The van der Waals surface area contributed by atoms with Crippen LogP contribution >= 0.6 is 0 Å². The van der Waals surface area contributed by atoms with Crippen LogP contribution in [0.5, 0.6) is 17.2 Å². The van der Waals surface area contributed by atoms with Crippen molar-refractivity contribution in [3.05, 3.63) is 89.6 Å². The lowest BCUT2D eigenvalue weighted by atomic mass is 10.1. The molecule has 0 fully saturated rings. The standard InChI is InChI=1S/C26H26N2O5/c1-4-33-24-17-18(10-15-23(24)32-3)16-22(28-25(29)19-8-6-5-7-9-19)26(30)27-20-11-13-21(31-2)14-12-20/h5-17H,4H2,1-3H3,(H,27,30)(H,28,29)/b22-16-. The minimum Gasteiger partial charge on any atom is -0.497 e. The second-order valence-corrected chi connectivity index (χ2v) is 6.90. The summed E-state index contributed by atoms with van der Waals surface area (Å²) >= 11 is 0. The van der Waals surface area contributed by atoms with Crippen LogP contribution in [0.3, 0.4) is 0 Å². The highest BCUT2D eigenvalue weighted by Crippen LogP contribution is 2.29. The molecular weight excluding hydrogens is 420 g/mol. The Balaban J connectivity index is 1.92. The number of rotatable bonds is 9. The van der Waals surface area contributed by atoms with Gasteiger partial charge in [-0.3, -0.25) is 9.59 Å². The molecule has 0 aromatic heterocycles. The summed E-state index contributed by atoms with van der Waals surface area (Å²) in [6, 6.07) is 20.9. The number of ether oxygens (including phenoxy) is 3. The molecular formula is C26H26N2O5. The van der Waals surface area contributed by atoms with Gasteiger partial charge < -0.3 is 24.8 Å². The van der Waals surface area contributed by atoms with Gasteiger partial charge in [0.15, 0.2) is 11.5 Å². The molecule has 3 rings (SSSR count). The molecule has 3 aromatic rings. The Bertz CT molecular complexity index is 1130. The first kappa shape index (κ1) is 23.4. The number of amides is 2. The molecule has 0 radical (unpaired) electrons. The van der Waals surface area contributed by atoms with E-state index < -0.39 is 11.8 Å². The molecule has 0 spiro atoms. The zero-order chi connectivity index (χ0) is 23.6. The van der Waals surface area contributed by atoms with E-state index in [-0.39, 0.29) is 5.70 Å². The lowest BCUT2D eigenvalue weighted by Gasteiger charge is -2.13. The van der Waals surface area contributed by atoms with Crippen LogP contribution < -0.4 is 24.8 Å². The van der Waals surface area contributed by atoms with Crippen molar-refractivity contribution in [2.24, 2.45) is 0 Å². The number of carbonyl (C=O) groups excluding carboxylic acids is 2. The van der Waals surface area contributed by atoms with Crippen molar-refractivity contribution < 1.29 is 23.8 Å². The van der Waals surface area contributed by atoms with Crippen LogP contribution in [0, 0.1) is 0 Å². The number of anilines is 1. The number of methoxy groups -OCH3 is 2. The molecule has 0 aliphatic rings. The molecule has 0 aliphatic carbocycles. The fourth-order valence-electron chi connectivity index (χ4n) is 3.03. The SMILES string of the molecule is CCOc1cc(/C=C(\NC(=O)c2ccccc2)C(=O)Nc2ccc(OC)cc2)ccc1OC. The Morgan fingerprint density at radius 2 is 1.61 bits per heavy atom. The summed E-state index contributed by atoms with van der Waals surface area (Å²) in [5, 5.41) is 5.52. The van der Waals surface area contributed by atoms with E-state index in [1.165, 1.54) is 0 Å². The molecule has 0 atom stereocenters. The summed E-state index contributed by atoms with van der Waals surface area (Å²) in [4.78, 5) is 25.9. The third-order valence-corrected chi connectivity index (χ3v) is 4.68. The lowest BCUT2D eigenvalue weighted by Crippen LogP contribution is -2.30. The summed E-state index contributed by atoms with van der Waals surface area (Å²) in [5.74, 6) is 0.913. The van der Waals surface area contributed by atoms with Crippen LogP contribution in [-0.4, -0.2) is 32.6 Å². The van der Waals surface area contributed by atoms with E-state index >= 15 is 0 Å². The molecule has 0 bridgehead atoms. The number of carbonyl (C=O) groups is 2. The predicted molar refractivity (Wildman–Crippen MR) is 128 cm³/mol. The lowest BCUT2D eigenvalue weighted by molar-refractivity contribution is -0.113. The number of hydrogen-bond donors (Lipinski definition) is 2. The van der Waals surface area contributed by atoms with Crippen molar-refractivity contribution in [2.45, 2.75) is 6.92 Å². The Morgan fingerprint density at radius 1 is 0.879 bits per heavy atom. The number of benzene rings is 3. The first-order valence-corrected chi connectivity index (χ1v) is 10.4. The molecule has 170 valence electrons. The van der Waals surface area contributed by atoms with Gasteiger partial charge in [-0.2, -0.15) is 0 Å². The molecule has 7 heteroatoms. The van der Waals surface area contributed by atoms with Crippen LogP contribution in [0.1, 0.15) is 22.8 Å². The highest BCUT2D eigenvalue weighted by atomic mass is 16.5. The summed E-state index contributed by atoms with van der Waals surface area (Å²) in [6.07, 6.45) is 1.58. The molecule has 2 N–H and O–H groups in total. The van der Waals surface area contributed by atoms with Crippen molar-refractivity contribution >= 4 is 23.6 Å². The minimum absolute atomic E-state index is 0.0762. The fraction of sp³-hybridized carbons (Fsp3) is 0.154. The van der Waals surface area contributed by atoms with Crippen molar-refractivity contribution in [3.63, 3.8) is 0 Å². The smallest absolute Gasteiger partial charge is 0.272 e. The third-order valence-electron chi connectivity index (χ3n) is 4.68. The zero-order valence-corrected chi connectivity index (χ0v) is 18.8.